The molecule has 1 fully saturated rings. The van der Waals surface area contributed by atoms with Gasteiger partial charge in [0.2, 0.25) is 0 Å². The Hall–Kier alpha value is -2.80. The number of fused-ring (bicyclic) bond motifs is 1. The molecule has 0 spiro atoms. The van der Waals surface area contributed by atoms with Gasteiger partial charge in [0, 0.05) is 18.8 Å². The van der Waals surface area contributed by atoms with Crippen molar-refractivity contribution in [3.05, 3.63) is 105 Å². The van der Waals surface area contributed by atoms with Crippen LogP contribution in [0.2, 0.25) is 0 Å². The Bertz CT molecular complexity index is 1090. The molecule has 1 saturated heterocycles. The van der Waals surface area contributed by atoms with E-state index in [-0.39, 0.29) is 0 Å². The van der Waals surface area contributed by atoms with E-state index < -0.39 is 0 Å². The highest BCUT2D eigenvalue weighted by Gasteiger charge is 2.22. The van der Waals surface area contributed by atoms with Crippen LogP contribution in [0, 0.1) is 13.8 Å². The second kappa shape index (κ2) is 9.77. The molecule has 4 rings (SSSR count). The first kappa shape index (κ1) is 22.4. The largest absolute Gasteiger partial charge is 0.371 e. The summed E-state index contributed by atoms with van der Waals surface area (Å²) >= 11 is 0. The molecule has 1 heterocycles. The summed E-state index contributed by atoms with van der Waals surface area (Å²) in [4.78, 5) is 2.44. The minimum atomic E-state index is 0.962. The quantitative estimate of drug-likeness (QED) is 0.473. The number of piperidine rings is 1. The third-order valence-corrected chi connectivity index (χ3v) is 7.28. The SMILES string of the molecule is C=C(C)N1CCC(=CC)/C(=C(\CCc2c(C)cccc2C)c2ccc3c(c2)C=CCC3)C1. The summed E-state index contributed by atoms with van der Waals surface area (Å²) in [5.74, 6) is 0. The van der Waals surface area contributed by atoms with E-state index in [0.29, 0.717) is 0 Å². The van der Waals surface area contributed by atoms with Gasteiger partial charge in [-0.15, -0.1) is 0 Å². The van der Waals surface area contributed by atoms with Crippen LogP contribution < -0.4 is 0 Å². The molecule has 0 radical (unpaired) electrons. The maximum absolute atomic E-state index is 4.25. The van der Waals surface area contributed by atoms with E-state index in [1.165, 1.54) is 55.8 Å². The summed E-state index contributed by atoms with van der Waals surface area (Å²) in [5.41, 5.74) is 14.3. The lowest BCUT2D eigenvalue weighted by molar-refractivity contribution is 0.359. The number of nitrogens with zero attached hydrogens (tertiary/aromatic N) is 1. The molecule has 0 aromatic heterocycles. The van der Waals surface area contributed by atoms with Gasteiger partial charge in [-0.3, -0.25) is 0 Å². The number of allylic oxidation sites excluding steroid dienone is 4. The van der Waals surface area contributed by atoms with E-state index in [2.05, 4.69) is 93.8 Å². The molecule has 0 unspecified atom stereocenters. The van der Waals surface area contributed by atoms with Gasteiger partial charge in [-0.1, -0.05) is 55.1 Å². The third kappa shape index (κ3) is 4.67. The lowest BCUT2D eigenvalue weighted by Gasteiger charge is -2.34. The van der Waals surface area contributed by atoms with Gasteiger partial charge in [0.1, 0.15) is 0 Å². The summed E-state index contributed by atoms with van der Waals surface area (Å²) in [5, 5.41) is 0. The molecule has 0 bridgehead atoms. The Morgan fingerprint density at radius 3 is 2.59 bits per heavy atom. The van der Waals surface area contributed by atoms with E-state index >= 15 is 0 Å². The predicted octanol–water partition coefficient (Wildman–Crippen LogP) is 7.83. The molecule has 0 atom stereocenters. The lowest BCUT2D eigenvalue weighted by Crippen LogP contribution is -2.31. The normalized spacial score (nSPS) is 18.6. The average molecular weight is 424 g/mol. The van der Waals surface area contributed by atoms with Gasteiger partial charge in [0.05, 0.1) is 0 Å². The average Bonchev–Trinajstić information content (AvgIpc) is 2.80. The van der Waals surface area contributed by atoms with Crippen LogP contribution in [0.4, 0.5) is 0 Å². The minimum absolute atomic E-state index is 0.962. The molecular weight excluding hydrogens is 386 g/mol. The zero-order chi connectivity index (χ0) is 22.7. The van der Waals surface area contributed by atoms with Crippen molar-refractivity contribution in [2.45, 2.75) is 59.8 Å². The van der Waals surface area contributed by atoms with Crippen molar-refractivity contribution in [1.29, 1.82) is 0 Å². The van der Waals surface area contributed by atoms with Crippen molar-refractivity contribution in [2.75, 3.05) is 13.1 Å². The van der Waals surface area contributed by atoms with Crippen molar-refractivity contribution in [1.82, 2.24) is 4.90 Å². The van der Waals surface area contributed by atoms with Crippen LogP contribution in [-0.2, 0) is 12.8 Å². The van der Waals surface area contributed by atoms with Crippen LogP contribution in [0.3, 0.4) is 0 Å². The van der Waals surface area contributed by atoms with Gasteiger partial charge >= 0.3 is 0 Å². The third-order valence-electron chi connectivity index (χ3n) is 7.28. The highest BCUT2D eigenvalue weighted by atomic mass is 15.1. The van der Waals surface area contributed by atoms with E-state index in [1.54, 1.807) is 0 Å². The first-order valence-corrected chi connectivity index (χ1v) is 12.1. The van der Waals surface area contributed by atoms with Gasteiger partial charge in [-0.25, -0.2) is 0 Å². The van der Waals surface area contributed by atoms with Gasteiger partial charge in [0.15, 0.2) is 0 Å². The molecule has 0 saturated carbocycles. The van der Waals surface area contributed by atoms with Gasteiger partial charge in [-0.2, -0.15) is 0 Å². The molecule has 1 aliphatic carbocycles. The van der Waals surface area contributed by atoms with Crippen LogP contribution in [-0.4, -0.2) is 18.0 Å². The van der Waals surface area contributed by atoms with Crippen LogP contribution in [0.1, 0.15) is 66.5 Å². The second-order valence-electron chi connectivity index (χ2n) is 9.40. The molecule has 2 aromatic rings. The molecule has 0 N–H and O–H groups in total. The second-order valence-corrected chi connectivity index (χ2v) is 9.40. The summed E-state index contributed by atoms with van der Waals surface area (Å²) in [7, 11) is 0. The molecule has 1 heteroatoms. The molecular formula is C31H37N. The maximum atomic E-state index is 4.25. The Kier molecular flexibility index (Phi) is 6.84. The Morgan fingerprint density at radius 2 is 1.88 bits per heavy atom. The fourth-order valence-corrected chi connectivity index (χ4v) is 5.29. The van der Waals surface area contributed by atoms with Crippen LogP contribution in [0.5, 0.6) is 0 Å². The zero-order valence-corrected chi connectivity index (χ0v) is 20.3. The first-order chi connectivity index (χ1) is 15.5. The van der Waals surface area contributed by atoms with E-state index in [1.807, 2.05) is 0 Å². The zero-order valence-electron chi connectivity index (χ0n) is 20.3. The van der Waals surface area contributed by atoms with Gasteiger partial charge < -0.3 is 4.90 Å². The lowest BCUT2D eigenvalue weighted by atomic mass is 9.84. The van der Waals surface area contributed by atoms with Crippen LogP contribution >= 0.6 is 0 Å². The molecule has 1 nitrogen and oxygen atoms in total. The number of hydrogen-bond donors (Lipinski definition) is 0. The Morgan fingerprint density at radius 1 is 1.09 bits per heavy atom. The molecule has 166 valence electrons. The summed E-state index contributed by atoms with van der Waals surface area (Å²) in [6.45, 7) is 15.1. The Labute approximate surface area is 194 Å². The monoisotopic (exact) mass is 423 g/mol. The van der Waals surface area contributed by atoms with Gasteiger partial charge in [0.25, 0.3) is 0 Å². The van der Waals surface area contributed by atoms with Crippen molar-refractivity contribution >= 4 is 11.6 Å². The Balaban J connectivity index is 1.80. The smallest absolute Gasteiger partial charge is 0.0431 e. The van der Waals surface area contributed by atoms with Crippen molar-refractivity contribution in [3.63, 3.8) is 0 Å². The van der Waals surface area contributed by atoms with E-state index in [0.717, 1.165) is 45.2 Å². The molecule has 32 heavy (non-hydrogen) atoms. The number of aryl methyl sites for hydroxylation is 3. The molecule has 2 aliphatic rings. The first-order valence-electron chi connectivity index (χ1n) is 12.1. The topological polar surface area (TPSA) is 3.24 Å². The predicted molar refractivity (Wildman–Crippen MR) is 140 cm³/mol. The number of likely N-dealkylation sites (tertiary alicyclic amines) is 1. The fraction of sp³-hybridized carbons (Fsp3) is 0.355. The fourth-order valence-electron chi connectivity index (χ4n) is 5.29. The highest BCUT2D eigenvalue weighted by Crippen LogP contribution is 2.36. The van der Waals surface area contributed by atoms with E-state index in [9.17, 15) is 0 Å². The standard InChI is InChI=1S/C31H37N/c1-6-25-18-19-32(22(2)3)21-31(25)30(17-16-29-23(4)10-9-11-24(29)5)28-15-14-26-12-7-8-13-27(26)20-28/h6,8-11,13-15,20H,2,7,12,16-19,21H2,1,3-5H3/b25-6?,31-30+. The maximum Gasteiger partial charge on any atom is 0.0431 e. The minimum Gasteiger partial charge on any atom is -0.371 e. The van der Waals surface area contributed by atoms with Crippen molar-refractivity contribution in [3.8, 4) is 0 Å². The number of benzene rings is 2. The summed E-state index contributed by atoms with van der Waals surface area (Å²) in [6.07, 6.45) is 12.5. The van der Waals surface area contributed by atoms with Gasteiger partial charge in [-0.05, 0) is 116 Å². The summed E-state index contributed by atoms with van der Waals surface area (Å²) in [6, 6.07) is 13.8. The number of hydrogen-bond acceptors (Lipinski definition) is 1. The molecule has 2 aromatic carbocycles. The van der Waals surface area contributed by atoms with Crippen molar-refractivity contribution < 1.29 is 0 Å². The molecule has 1 aliphatic heterocycles. The van der Waals surface area contributed by atoms with E-state index in [4.69, 9.17) is 0 Å². The van der Waals surface area contributed by atoms with Crippen LogP contribution in [0.25, 0.3) is 11.6 Å². The number of rotatable bonds is 5. The highest BCUT2D eigenvalue weighted by molar-refractivity contribution is 5.76. The molecule has 0 amide bonds. The van der Waals surface area contributed by atoms with Crippen molar-refractivity contribution in [2.24, 2.45) is 0 Å². The summed E-state index contributed by atoms with van der Waals surface area (Å²) < 4.78 is 0. The van der Waals surface area contributed by atoms with Crippen LogP contribution in [0.15, 0.2) is 72.0 Å².